The van der Waals surface area contributed by atoms with Crippen molar-refractivity contribution in [3.8, 4) is 11.6 Å². The topological polar surface area (TPSA) is 43.4 Å². The number of halogens is 1. The van der Waals surface area contributed by atoms with E-state index in [0.717, 1.165) is 12.1 Å². The highest BCUT2D eigenvalue weighted by molar-refractivity contribution is 5.33. The van der Waals surface area contributed by atoms with Gasteiger partial charge in [-0.05, 0) is 24.1 Å². The maximum Gasteiger partial charge on any atom is 0.219 e. The molecular weight excluding hydrogens is 271 g/mol. The summed E-state index contributed by atoms with van der Waals surface area (Å²) in [5.41, 5.74) is 1.58. The molecule has 1 aromatic carbocycles. The molecule has 0 bridgehead atoms. The molecular formula is C16H19FN2O2. The Morgan fingerprint density at radius 1 is 1.24 bits per heavy atom. The minimum atomic E-state index is -0.357. The van der Waals surface area contributed by atoms with Gasteiger partial charge in [-0.25, -0.2) is 9.37 Å². The highest BCUT2D eigenvalue weighted by Gasteiger charge is 2.07. The van der Waals surface area contributed by atoms with Gasteiger partial charge >= 0.3 is 0 Å². The molecule has 2 aromatic rings. The number of hydrogen-bond acceptors (Lipinski definition) is 4. The largest absolute Gasteiger partial charge is 0.436 e. The van der Waals surface area contributed by atoms with Gasteiger partial charge in [-0.2, -0.15) is 0 Å². The molecule has 1 N–H and O–H groups in total. The predicted molar refractivity (Wildman–Crippen MR) is 79.0 cm³/mol. The number of ether oxygens (including phenoxy) is 2. The Kier molecular flexibility index (Phi) is 5.66. The molecule has 1 aromatic heterocycles. The first-order chi connectivity index (χ1) is 10.2. The Labute approximate surface area is 123 Å². The fourth-order valence-electron chi connectivity index (χ4n) is 1.79. The summed E-state index contributed by atoms with van der Waals surface area (Å²) in [6.07, 6.45) is 1.71. The summed E-state index contributed by atoms with van der Waals surface area (Å²) in [7, 11) is 1.67. The molecule has 0 saturated heterocycles. The molecule has 0 aliphatic heterocycles. The summed E-state index contributed by atoms with van der Waals surface area (Å²) in [6, 6.07) is 8.67. The fraction of sp³-hybridized carbons (Fsp3) is 0.312. The number of hydrogen-bond donors (Lipinski definition) is 1. The number of aryl methyl sites for hydroxylation is 1. The monoisotopic (exact) mass is 290 g/mol. The molecule has 0 fully saturated rings. The van der Waals surface area contributed by atoms with Crippen LogP contribution < -0.4 is 10.1 Å². The number of benzene rings is 1. The van der Waals surface area contributed by atoms with Crippen molar-refractivity contribution in [2.75, 3.05) is 20.3 Å². The molecule has 0 aliphatic rings. The summed E-state index contributed by atoms with van der Waals surface area (Å²) in [4.78, 5) is 4.18. The number of rotatable bonds is 7. The van der Waals surface area contributed by atoms with Crippen LogP contribution in [-0.4, -0.2) is 25.2 Å². The Balaban J connectivity index is 1.94. The lowest BCUT2D eigenvalue weighted by Crippen LogP contribution is -2.18. The summed E-state index contributed by atoms with van der Waals surface area (Å²) in [6.45, 7) is 3.85. The predicted octanol–water partition coefficient (Wildman–Crippen LogP) is 3.06. The van der Waals surface area contributed by atoms with Gasteiger partial charge < -0.3 is 14.8 Å². The number of nitrogens with one attached hydrogen (secondary N) is 1. The zero-order valence-electron chi connectivity index (χ0n) is 12.2. The van der Waals surface area contributed by atoms with Crippen LogP contribution in [0.4, 0.5) is 4.39 Å². The molecule has 0 aliphatic carbocycles. The summed E-state index contributed by atoms with van der Waals surface area (Å²) < 4.78 is 24.2. The second-order valence-corrected chi connectivity index (χ2v) is 4.66. The van der Waals surface area contributed by atoms with Crippen LogP contribution in [0.3, 0.4) is 0 Å². The molecule has 0 radical (unpaired) electrons. The molecule has 5 heteroatoms. The van der Waals surface area contributed by atoms with E-state index in [-0.39, 0.29) is 11.6 Å². The molecule has 0 spiro atoms. The van der Waals surface area contributed by atoms with Crippen LogP contribution in [0.25, 0.3) is 0 Å². The van der Waals surface area contributed by atoms with Crippen molar-refractivity contribution in [3.05, 3.63) is 53.5 Å². The van der Waals surface area contributed by atoms with Crippen molar-refractivity contribution >= 4 is 0 Å². The first kappa shape index (κ1) is 15.4. The third-order valence-corrected chi connectivity index (χ3v) is 2.98. The van der Waals surface area contributed by atoms with E-state index in [1.54, 1.807) is 44.5 Å². The molecule has 2 rings (SSSR count). The second-order valence-electron chi connectivity index (χ2n) is 4.66. The molecule has 0 amide bonds. The van der Waals surface area contributed by atoms with E-state index in [1.165, 1.54) is 0 Å². The number of nitrogens with zero attached hydrogens (tertiary/aromatic N) is 1. The van der Waals surface area contributed by atoms with Crippen molar-refractivity contribution in [2.24, 2.45) is 0 Å². The Morgan fingerprint density at radius 2 is 2.10 bits per heavy atom. The minimum absolute atomic E-state index is 0.188. The highest BCUT2D eigenvalue weighted by Crippen LogP contribution is 2.24. The van der Waals surface area contributed by atoms with Crippen molar-refractivity contribution in [2.45, 2.75) is 13.5 Å². The van der Waals surface area contributed by atoms with Crippen LogP contribution in [0.15, 0.2) is 36.5 Å². The quantitative estimate of drug-likeness (QED) is 0.796. The summed E-state index contributed by atoms with van der Waals surface area (Å²) in [5, 5.41) is 3.22. The van der Waals surface area contributed by atoms with Gasteiger partial charge in [0.25, 0.3) is 0 Å². The van der Waals surface area contributed by atoms with Crippen molar-refractivity contribution in [1.82, 2.24) is 10.3 Å². The number of pyridine rings is 1. The van der Waals surface area contributed by atoms with E-state index < -0.39 is 0 Å². The van der Waals surface area contributed by atoms with Gasteiger partial charge in [0.05, 0.1) is 6.61 Å². The van der Waals surface area contributed by atoms with E-state index >= 15 is 0 Å². The molecule has 0 unspecified atom stereocenters. The third kappa shape index (κ3) is 4.51. The second kappa shape index (κ2) is 7.71. The lowest BCUT2D eigenvalue weighted by atomic mass is 10.2. The van der Waals surface area contributed by atoms with Crippen LogP contribution in [0.1, 0.15) is 11.1 Å². The Hall–Kier alpha value is -1.98. The smallest absolute Gasteiger partial charge is 0.219 e. The lowest BCUT2D eigenvalue weighted by Gasteiger charge is -2.08. The zero-order valence-corrected chi connectivity index (χ0v) is 12.2. The molecule has 1 heterocycles. The van der Waals surface area contributed by atoms with E-state index in [0.29, 0.717) is 24.6 Å². The van der Waals surface area contributed by atoms with Gasteiger partial charge in [0.15, 0.2) is 11.6 Å². The van der Waals surface area contributed by atoms with Crippen molar-refractivity contribution in [3.63, 3.8) is 0 Å². The summed E-state index contributed by atoms with van der Waals surface area (Å²) in [5.74, 6) is 0.207. The standard InChI is InChI=1S/C16H19FN2O2/c1-12-4-3-5-14(16(12)17)21-15-7-6-13(11-19-15)10-18-8-9-20-2/h3-7,11,18H,8-10H2,1-2H3. The highest BCUT2D eigenvalue weighted by atomic mass is 19.1. The summed E-state index contributed by atoms with van der Waals surface area (Å²) >= 11 is 0. The van der Waals surface area contributed by atoms with E-state index in [2.05, 4.69) is 10.3 Å². The lowest BCUT2D eigenvalue weighted by molar-refractivity contribution is 0.199. The average molecular weight is 290 g/mol. The van der Waals surface area contributed by atoms with Crippen LogP contribution in [0, 0.1) is 12.7 Å². The van der Waals surface area contributed by atoms with Crippen LogP contribution in [0.5, 0.6) is 11.6 Å². The molecule has 0 atom stereocenters. The van der Waals surface area contributed by atoms with E-state index in [4.69, 9.17) is 9.47 Å². The zero-order chi connectivity index (χ0) is 15.1. The SMILES string of the molecule is COCCNCc1ccc(Oc2cccc(C)c2F)nc1. The van der Waals surface area contributed by atoms with E-state index in [1.807, 2.05) is 6.07 Å². The van der Waals surface area contributed by atoms with E-state index in [9.17, 15) is 4.39 Å². The first-order valence-electron chi connectivity index (χ1n) is 6.78. The van der Waals surface area contributed by atoms with Gasteiger partial charge in [-0.3, -0.25) is 0 Å². The third-order valence-electron chi connectivity index (χ3n) is 2.98. The van der Waals surface area contributed by atoms with Crippen molar-refractivity contribution < 1.29 is 13.9 Å². The first-order valence-corrected chi connectivity index (χ1v) is 6.78. The van der Waals surface area contributed by atoms with Crippen LogP contribution in [0.2, 0.25) is 0 Å². The Morgan fingerprint density at radius 3 is 2.81 bits per heavy atom. The van der Waals surface area contributed by atoms with Gasteiger partial charge in [0.1, 0.15) is 0 Å². The normalized spacial score (nSPS) is 10.6. The number of methoxy groups -OCH3 is 1. The fourth-order valence-corrected chi connectivity index (χ4v) is 1.79. The van der Waals surface area contributed by atoms with Gasteiger partial charge in [-0.1, -0.05) is 18.2 Å². The molecule has 112 valence electrons. The van der Waals surface area contributed by atoms with Crippen molar-refractivity contribution in [1.29, 1.82) is 0 Å². The van der Waals surface area contributed by atoms with Gasteiger partial charge in [0.2, 0.25) is 5.88 Å². The average Bonchev–Trinajstić information content (AvgIpc) is 2.50. The Bertz CT molecular complexity index is 573. The van der Waals surface area contributed by atoms with Gasteiger partial charge in [-0.15, -0.1) is 0 Å². The molecule has 4 nitrogen and oxygen atoms in total. The molecule has 0 saturated carbocycles. The maximum absolute atomic E-state index is 13.8. The van der Waals surface area contributed by atoms with Crippen LogP contribution in [-0.2, 0) is 11.3 Å². The minimum Gasteiger partial charge on any atom is -0.436 e. The maximum atomic E-state index is 13.8. The molecule has 21 heavy (non-hydrogen) atoms. The van der Waals surface area contributed by atoms with Crippen LogP contribution >= 0.6 is 0 Å². The number of aromatic nitrogens is 1. The van der Waals surface area contributed by atoms with Gasteiger partial charge in [0, 0.05) is 32.5 Å².